The molecule has 0 spiro atoms. The molecule has 1 aliphatic rings. The van der Waals surface area contributed by atoms with Gasteiger partial charge in [-0.1, -0.05) is 6.07 Å². The summed E-state index contributed by atoms with van der Waals surface area (Å²) in [5.41, 5.74) is 1.19. The monoisotopic (exact) mass is 341 g/mol. The van der Waals surface area contributed by atoms with Gasteiger partial charge in [0, 0.05) is 25.5 Å². The van der Waals surface area contributed by atoms with Gasteiger partial charge < -0.3 is 14.7 Å². The third kappa shape index (κ3) is 3.96. The number of piperidine rings is 1. The minimum absolute atomic E-state index is 0.0673. The topological polar surface area (TPSA) is 75.5 Å². The average molecular weight is 341 g/mol. The van der Waals surface area contributed by atoms with Crippen LogP contribution in [0.5, 0.6) is 5.88 Å². The predicted molar refractivity (Wildman–Crippen MR) is 93.2 cm³/mol. The molecule has 1 fully saturated rings. The Bertz CT molecular complexity index is 700. The predicted octanol–water partition coefficient (Wildman–Crippen LogP) is 2.46. The molecule has 2 aromatic rings. The fourth-order valence-corrected chi connectivity index (χ4v) is 3.19. The van der Waals surface area contributed by atoms with Crippen LogP contribution in [0.3, 0.4) is 0 Å². The molecule has 0 aliphatic carbocycles. The van der Waals surface area contributed by atoms with E-state index in [0.717, 1.165) is 12.8 Å². The van der Waals surface area contributed by atoms with Crippen molar-refractivity contribution in [2.24, 2.45) is 5.92 Å². The quantitative estimate of drug-likeness (QED) is 0.904. The molecule has 0 saturated carbocycles. The number of pyridine rings is 2. The number of amides is 1. The van der Waals surface area contributed by atoms with E-state index >= 15 is 0 Å². The van der Waals surface area contributed by atoms with Crippen molar-refractivity contribution >= 4 is 5.91 Å². The van der Waals surface area contributed by atoms with Crippen molar-refractivity contribution in [2.45, 2.75) is 25.9 Å². The number of aliphatic hydroxyl groups excluding tert-OH is 1. The molecule has 0 radical (unpaired) electrons. The summed E-state index contributed by atoms with van der Waals surface area (Å²) in [6, 6.07) is 9.04. The highest BCUT2D eigenvalue weighted by Crippen LogP contribution is 2.30. The number of rotatable bonds is 5. The minimum atomic E-state index is -0.587. The molecule has 1 amide bonds. The molecule has 1 saturated heterocycles. The standard InChI is InChI=1S/C19H23N3O3/c1-2-25-18-15(6-5-11-21-18)19(24)22-12-8-14(9-13-22)17(23)16-7-3-4-10-20-16/h3-7,10-11,14,17,23H,2,8-9,12-13H2,1H3/t17-/m1/s1. The number of aromatic nitrogens is 2. The zero-order valence-corrected chi connectivity index (χ0v) is 14.3. The van der Waals surface area contributed by atoms with Crippen LogP contribution in [0.4, 0.5) is 0 Å². The van der Waals surface area contributed by atoms with Crippen LogP contribution in [-0.4, -0.2) is 45.6 Å². The lowest BCUT2D eigenvalue weighted by atomic mass is 9.89. The SMILES string of the molecule is CCOc1ncccc1C(=O)N1CCC([C@@H](O)c2ccccn2)CC1. The van der Waals surface area contributed by atoms with Crippen LogP contribution in [-0.2, 0) is 0 Å². The zero-order chi connectivity index (χ0) is 17.6. The highest BCUT2D eigenvalue weighted by molar-refractivity contribution is 5.96. The van der Waals surface area contributed by atoms with E-state index in [1.165, 1.54) is 0 Å². The summed E-state index contributed by atoms with van der Waals surface area (Å²) in [6.07, 6.45) is 4.21. The fraction of sp³-hybridized carbons (Fsp3) is 0.421. The first-order chi connectivity index (χ1) is 12.2. The van der Waals surface area contributed by atoms with Gasteiger partial charge in [-0.3, -0.25) is 9.78 Å². The lowest BCUT2D eigenvalue weighted by Crippen LogP contribution is -2.40. The van der Waals surface area contributed by atoms with Gasteiger partial charge in [-0.25, -0.2) is 4.98 Å². The maximum atomic E-state index is 12.8. The molecule has 0 unspecified atom stereocenters. The molecule has 132 valence electrons. The van der Waals surface area contributed by atoms with Crippen LogP contribution in [0.15, 0.2) is 42.7 Å². The first-order valence-corrected chi connectivity index (χ1v) is 8.66. The van der Waals surface area contributed by atoms with Crippen molar-refractivity contribution in [3.8, 4) is 5.88 Å². The van der Waals surface area contributed by atoms with E-state index in [1.807, 2.05) is 25.1 Å². The smallest absolute Gasteiger partial charge is 0.259 e. The number of hydrogen-bond acceptors (Lipinski definition) is 5. The molecule has 1 atom stereocenters. The number of hydrogen-bond donors (Lipinski definition) is 1. The fourth-order valence-electron chi connectivity index (χ4n) is 3.19. The van der Waals surface area contributed by atoms with Gasteiger partial charge in [-0.05, 0) is 49.9 Å². The molecule has 1 N–H and O–H groups in total. The Morgan fingerprint density at radius 1 is 1.24 bits per heavy atom. The highest BCUT2D eigenvalue weighted by atomic mass is 16.5. The average Bonchev–Trinajstić information content (AvgIpc) is 2.68. The number of ether oxygens (including phenoxy) is 1. The van der Waals surface area contributed by atoms with Crippen LogP contribution in [0.1, 0.15) is 41.9 Å². The summed E-state index contributed by atoms with van der Waals surface area (Å²) < 4.78 is 5.46. The van der Waals surface area contributed by atoms with E-state index in [-0.39, 0.29) is 11.8 Å². The molecular weight excluding hydrogens is 318 g/mol. The number of carbonyl (C=O) groups is 1. The molecule has 25 heavy (non-hydrogen) atoms. The third-order valence-corrected chi connectivity index (χ3v) is 4.55. The Morgan fingerprint density at radius 2 is 2.00 bits per heavy atom. The summed E-state index contributed by atoms with van der Waals surface area (Å²) in [7, 11) is 0. The van der Waals surface area contributed by atoms with Crippen molar-refractivity contribution in [1.29, 1.82) is 0 Å². The Hall–Kier alpha value is -2.47. The summed E-state index contributed by atoms with van der Waals surface area (Å²) in [5.74, 6) is 0.423. The number of carbonyl (C=O) groups excluding carboxylic acids is 1. The normalized spacial score (nSPS) is 16.5. The van der Waals surface area contributed by atoms with Gasteiger partial charge >= 0.3 is 0 Å². The van der Waals surface area contributed by atoms with Crippen molar-refractivity contribution in [3.63, 3.8) is 0 Å². The van der Waals surface area contributed by atoms with Crippen molar-refractivity contribution in [3.05, 3.63) is 54.0 Å². The lowest BCUT2D eigenvalue weighted by Gasteiger charge is -2.34. The first-order valence-electron chi connectivity index (χ1n) is 8.66. The number of likely N-dealkylation sites (tertiary alicyclic amines) is 1. The first kappa shape index (κ1) is 17.4. The Balaban J connectivity index is 1.63. The van der Waals surface area contributed by atoms with Gasteiger partial charge in [0.2, 0.25) is 5.88 Å². The molecule has 0 aromatic carbocycles. The Labute approximate surface area is 147 Å². The Morgan fingerprint density at radius 3 is 2.68 bits per heavy atom. The molecule has 1 aliphatic heterocycles. The van der Waals surface area contributed by atoms with Crippen molar-refractivity contribution in [1.82, 2.24) is 14.9 Å². The van der Waals surface area contributed by atoms with Crippen LogP contribution < -0.4 is 4.74 Å². The highest BCUT2D eigenvalue weighted by Gasteiger charge is 2.30. The van der Waals surface area contributed by atoms with Gasteiger partial charge in [0.05, 0.1) is 18.4 Å². The van der Waals surface area contributed by atoms with Gasteiger partial charge in [0.25, 0.3) is 5.91 Å². The minimum Gasteiger partial charge on any atom is -0.477 e. The zero-order valence-electron chi connectivity index (χ0n) is 14.3. The molecule has 3 heterocycles. The molecular formula is C19H23N3O3. The third-order valence-electron chi connectivity index (χ3n) is 4.55. The summed E-state index contributed by atoms with van der Waals surface area (Å²) >= 11 is 0. The van der Waals surface area contributed by atoms with Gasteiger partial charge in [0.1, 0.15) is 5.56 Å². The lowest BCUT2D eigenvalue weighted by molar-refractivity contribution is 0.0444. The Kier molecular flexibility index (Phi) is 5.60. The van der Waals surface area contributed by atoms with Gasteiger partial charge in [-0.15, -0.1) is 0 Å². The molecule has 6 nitrogen and oxygen atoms in total. The second-order valence-corrected chi connectivity index (χ2v) is 6.12. The summed E-state index contributed by atoms with van der Waals surface area (Å²) in [6.45, 7) is 3.55. The van der Waals surface area contributed by atoms with E-state index in [2.05, 4.69) is 9.97 Å². The molecule has 2 aromatic heterocycles. The van der Waals surface area contributed by atoms with Crippen molar-refractivity contribution < 1.29 is 14.6 Å². The summed E-state index contributed by atoms with van der Waals surface area (Å²) in [5, 5.41) is 10.5. The molecule has 0 bridgehead atoms. The number of nitrogens with zero attached hydrogens (tertiary/aromatic N) is 3. The van der Waals surface area contributed by atoms with Crippen LogP contribution in [0.25, 0.3) is 0 Å². The second-order valence-electron chi connectivity index (χ2n) is 6.12. The number of aliphatic hydroxyl groups is 1. The largest absolute Gasteiger partial charge is 0.477 e. The van der Waals surface area contributed by atoms with Gasteiger partial charge in [-0.2, -0.15) is 0 Å². The van der Waals surface area contributed by atoms with Crippen LogP contribution in [0, 0.1) is 5.92 Å². The van der Waals surface area contributed by atoms with E-state index in [9.17, 15) is 9.90 Å². The second kappa shape index (κ2) is 8.07. The maximum absolute atomic E-state index is 12.8. The summed E-state index contributed by atoms with van der Waals surface area (Å²) in [4.78, 5) is 23.0. The maximum Gasteiger partial charge on any atom is 0.259 e. The van der Waals surface area contributed by atoms with Crippen LogP contribution in [0.2, 0.25) is 0 Å². The van der Waals surface area contributed by atoms with E-state index in [0.29, 0.717) is 36.8 Å². The van der Waals surface area contributed by atoms with E-state index in [1.54, 1.807) is 29.4 Å². The van der Waals surface area contributed by atoms with Gasteiger partial charge in [0.15, 0.2) is 0 Å². The molecule has 3 rings (SSSR count). The van der Waals surface area contributed by atoms with Crippen LogP contribution >= 0.6 is 0 Å². The van der Waals surface area contributed by atoms with Crippen molar-refractivity contribution in [2.75, 3.05) is 19.7 Å². The molecule has 6 heteroatoms. The van der Waals surface area contributed by atoms with E-state index < -0.39 is 6.10 Å². The van der Waals surface area contributed by atoms with E-state index in [4.69, 9.17) is 4.74 Å².